The Labute approximate surface area is 135 Å². The van der Waals surface area contributed by atoms with Gasteiger partial charge in [-0.2, -0.15) is 0 Å². The Bertz CT molecular complexity index is 640. The largest absolute Gasteiger partial charge is 0.352 e. The lowest BCUT2D eigenvalue weighted by Crippen LogP contribution is -2.23. The maximum absolute atomic E-state index is 11.9. The van der Waals surface area contributed by atoms with E-state index in [1.165, 1.54) is 0 Å². The van der Waals surface area contributed by atoms with E-state index in [0.29, 0.717) is 24.4 Å². The van der Waals surface area contributed by atoms with Crippen molar-refractivity contribution in [1.29, 1.82) is 0 Å². The average Bonchev–Trinajstić information content (AvgIpc) is 2.47. The van der Waals surface area contributed by atoms with Gasteiger partial charge in [-0.3, -0.25) is 4.79 Å². The molecule has 2 nitrogen and oxygen atoms in total. The second-order valence-electron chi connectivity index (χ2n) is 4.95. The third-order valence-corrected chi connectivity index (χ3v) is 4.09. The van der Waals surface area contributed by atoms with Crippen LogP contribution in [0.3, 0.4) is 0 Å². The number of rotatable bonds is 5. The number of hydrogen-bond donors (Lipinski definition) is 1. The second kappa shape index (κ2) is 7.48. The summed E-state index contributed by atoms with van der Waals surface area (Å²) < 4.78 is 0. The first-order valence-corrected chi connectivity index (χ1v) is 7.57. The normalized spacial score (nSPS) is 10.4. The van der Waals surface area contributed by atoms with Gasteiger partial charge in [-0.25, -0.2) is 0 Å². The number of carbonyl (C=O) groups is 1. The van der Waals surface area contributed by atoms with Crippen molar-refractivity contribution in [2.24, 2.45) is 0 Å². The zero-order valence-corrected chi connectivity index (χ0v) is 13.3. The van der Waals surface area contributed by atoms with Crippen molar-refractivity contribution in [3.05, 3.63) is 69.2 Å². The van der Waals surface area contributed by atoms with Crippen molar-refractivity contribution < 1.29 is 4.79 Å². The highest BCUT2D eigenvalue weighted by molar-refractivity contribution is 6.31. The molecular formula is C17H17Cl2NO. The van der Waals surface area contributed by atoms with E-state index in [1.807, 2.05) is 49.4 Å². The van der Waals surface area contributed by atoms with Crippen LogP contribution in [-0.2, 0) is 17.8 Å². The van der Waals surface area contributed by atoms with Gasteiger partial charge in [0.25, 0.3) is 0 Å². The van der Waals surface area contributed by atoms with Gasteiger partial charge in [-0.05, 0) is 42.2 Å². The number of halogens is 2. The number of hydrogen-bond acceptors (Lipinski definition) is 1. The molecule has 4 heteroatoms. The Hall–Kier alpha value is -1.51. The summed E-state index contributed by atoms with van der Waals surface area (Å²) in [5.74, 6) is 0.00613. The maximum atomic E-state index is 11.9. The van der Waals surface area contributed by atoms with Crippen LogP contribution in [0.1, 0.15) is 23.1 Å². The first-order chi connectivity index (χ1) is 10.1. The quantitative estimate of drug-likeness (QED) is 0.859. The molecule has 0 atom stereocenters. The van der Waals surface area contributed by atoms with Crippen molar-refractivity contribution in [3.8, 4) is 0 Å². The lowest BCUT2D eigenvalue weighted by molar-refractivity contribution is -0.121. The van der Waals surface area contributed by atoms with Crippen LogP contribution in [0.5, 0.6) is 0 Å². The van der Waals surface area contributed by atoms with Gasteiger partial charge < -0.3 is 5.32 Å². The second-order valence-corrected chi connectivity index (χ2v) is 5.77. The van der Waals surface area contributed by atoms with Crippen molar-refractivity contribution in [3.63, 3.8) is 0 Å². The molecular weight excluding hydrogens is 305 g/mol. The molecule has 2 aromatic carbocycles. The number of aryl methyl sites for hydroxylation is 2. The molecule has 0 spiro atoms. The molecule has 0 aliphatic heterocycles. The number of carbonyl (C=O) groups excluding carboxylic acids is 1. The van der Waals surface area contributed by atoms with E-state index in [1.54, 1.807) is 0 Å². The third-order valence-electron chi connectivity index (χ3n) is 3.31. The van der Waals surface area contributed by atoms with E-state index in [2.05, 4.69) is 5.32 Å². The van der Waals surface area contributed by atoms with Gasteiger partial charge in [0.05, 0.1) is 0 Å². The fourth-order valence-electron chi connectivity index (χ4n) is 1.97. The highest BCUT2D eigenvalue weighted by Gasteiger charge is 2.05. The van der Waals surface area contributed by atoms with E-state index in [9.17, 15) is 4.79 Å². The van der Waals surface area contributed by atoms with Gasteiger partial charge in [0.2, 0.25) is 5.91 Å². The molecule has 2 aromatic rings. The minimum Gasteiger partial charge on any atom is -0.352 e. The lowest BCUT2D eigenvalue weighted by Gasteiger charge is -2.07. The molecule has 21 heavy (non-hydrogen) atoms. The predicted molar refractivity (Wildman–Crippen MR) is 87.8 cm³/mol. The summed E-state index contributed by atoms with van der Waals surface area (Å²) in [6.07, 6.45) is 1.11. The molecule has 1 amide bonds. The molecule has 0 aliphatic carbocycles. The molecule has 0 unspecified atom stereocenters. The van der Waals surface area contributed by atoms with Gasteiger partial charge in [-0.1, -0.05) is 53.5 Å². The van der Waals surface area contributed by atoms with Crippen LogP contribution in [0.2, 0.25) is 10.0 Å². The van der Waals surface area contributed by atoms with Gasteiger partial charge >= 0.3 is 0 Å². The average molecular weight is 322 g/mol. The van der Waals surface area contributed by atoms with Crippen LogP contribution in [0, 0.1) is 6.92 Å². The van der Waals surface area contributed by atoms with Crippen LogP contribution in [-0.4, -0.2) is 5.91 Å². The maximum Gasteiger partial charge on any atom is 0.220 e. The Morgan fingerprint density at radius 2 is 1.86 bits per heavy atom. The summed E-state index contributed by atoms with van der Waals surface area (Å²) in [6, 6.07) is 13.4. The molecule has 1 N–H and O–H groups in total. The lowest BCUT2D eigenvalue weighted by atomic mass is 10.1. The topological polar surface area (TPSA) is 29.1 Å². The van der Waals surface area contributed by atoms with E-state index >= 15 is 0 Å². The highest BCUT2D eigenvalue weighted by atomic mass is 35.5. The van der Waals surface area contributed by atoms with Gasteiger partial charge in [-0.15, -0.1) is 0 Å². The molecule has 0 aliphatic rings. The monoisotopic (exact) mass is 321 g/mol. The SMILES string of the molecule is Cc1ccc(CCC(=O)NCc2ccccc2Cl)cc1Cl. The molecule has 0 bridgehead atoms. The minimum absolute atomic E-state index is 0.00613. The summed E-state index contributed by atoms with van der Waals surface area (Å²) >= 11 is 12.1. The van der Waals surface area contributed by atoms with Gasteiger partial charge in [0, 0.05) is 23.0 Å². The summed E-state index contributed by atoms with van der Waals surface area (Å²) in [6.45, 7) is 2.41. The molecule has 2 rings (SSSR count). The fraction of sp³-hybridized carbons (Fsp3) is 0.235. The van der Waals surface area contributed by atoms with Crippen molar-refractivity contribution in [2.75, 3.05) is 0 Å². The Morgan fingerprint density at radius 1 is 1.10 bits per heavy atom. The summed E-state index contributed by atoms with van der Waals surface area (Å²) in [5.41, 5.74) is 3.04. The van der Waals surface area contributed by atoms with Crippen LogP contribution in [0.4, 0.5) is 0 Å². The van der Waals surface area contributed by atoms with E-state index in [0.717, 1.165) is 21.7 Å². The van der Waals surface area contributed by atoms with Gasteiger partial charge in [0.15, 0.2) is 0 Å². The smallest absolute Gasteiger partial charge is 0.220 e. The van der Waals surface area contributed by atoms with Crippen molar-refractivity contribution in [1.82, 2.24) is 5.32 Å². The molecule has 0 saturated carbocycles. The molecule has 0 aromatic heterocycles. The Balaban J connectivity index is 1.82. The molecule has 0 fully saturated rings. The molecule has 0 saturated heterocycles. The summed E-state index contributed by atoms with van der Waals surface area (Å²) in [4.78, 5) is 11.9. The first-order valence-electron chi connectivity index (χ1n) is 6.81. The van der Waals surface area contributed by atoms with E-state index < -0.39 is 0 Å². The molecule has 0 heterocycles. The van der Waals surface area contributed by atoms with Crippen LogP contribution in [0.15, 0.2) is 42.5 Å². The predicted octanol–water partition coefficient (Wildman–Crippen LogP) is 4.55. The van der Waals surface area contributed by atoms with Crippen LogP contribution < -0.4 is 5.32 Å². The molecule has 0 radical (unpaired) electrons. The first kappa shape index (κ1) is 15.9. The Kier molecular flexibility index (Phi) is 5.66. The number of amides is 1. The minimum atomic E-state index is 0.00613. The van der Waals surface area contributed by atoms with E-state index in [4.69, 9.17) is 23.2 Å². The zero-order chi connectivity index (χ0) is 15.2. The standard InChI is InChI=1S/C17H17Cl2NO/c1-12-6-7-13(10-16(12)19)8-9-17(21)20-11-14-4-2-3-5-15(14)18/h2-7,10H,8-9,11H2,1H3,(H,20,21). The third kappa shape index (κ3) is 4.76. The number of benzene rings is 2. The van der Waals surface area contributed by atoms with Crippen LogP contribution >= 0.6 is 23.2 Å². The Morgan fingerprint density at radius 3 is 2.57 bits per heavy atom. The fourth-order valence-corrected chi connectivity index (χ4v) is 2.38. The van der Waals surface area contributed by atoms with Crippen molar-refractivity contribution in [2.45, 2.75) is 26.3 Å². The molecule has 110 valence electrons. The van der Waals surface area contributed by atoms with Crippen LogP contribution in [0.25, 0.3) is 0 Å². The number of nitrogens with one attached hydrogen (secondary N) is 1. The van der Waals surface area contributed by atoms with Gasteiger partial charge in [0.1, 0.15) is 0 Å². The van der Waals surface area contributed by atoms with E-state index in [-0.39, 0.29) is 5.91 Å². The van der Waals surface area contributed by atoms with Crippen molar-refractivity contribution >= 4 is 29.1 Å². The zero-order valence-electron chi connectivity index (χ0n) is 11.8. The summed E-state index contributed by atoms with van der Waals surface area (Å²) in [5, 5.41) is 4.29. The summed E-state index contributed by atoms with van der Waals surface area (Å²) in [7, 11) is 0. The highest BCUT2D eigenvalue weighted by Crippen LogP contribution is 2.18.